The number of benzene rings is 1. The summed E-state index contributed by atoms with van der Waals surface area (Å²) in [5, 5.41) is 16.3. The van der Waals surface area contributed by atoms with Crippen molar-refractivity contribution in [2.45, 2.75) is 12.5 Å². The molecule has 0 aromatic heterocycles. The second kappa shape index (κ2) is 8.99. The van der Waals surface area contributed by atoms with Gasteiger partial charge >= 0.3 is 5.97 Å². The number of methoxy groups -OCH3 is 1. The topological polar surface area (TPSA) is 111 Å². The Balaban J connectivity index is 2.96. The molecule has 1 amide bonds. The lowest BCUT2D eigenvalue weighted by molar-refractivity contribution is -0.384. The minimum absolute atomic E-state index is 0.105. The zero-order valence-electron chi connectivity index (χ0n) is 13.1. The smallest absolute Gasteiger partial charge is 0.328 e. The van der Waals surface area contributed by atoms with E-state index in [1.807, 2.05) is 6.26 Å². The third kappa shape index (κ3) is 5.13. The third-order valence-corrected chi connectivity index (χ3v) is 3.77. The third-order valence-electron chi connectivity index (χ3n) is 3.13. The van der Waals surface area contributed by atoms with Gasteiger partial charge in [0.15, 0.2) is 0 Å². The molecule has 9 heteroatoms. The van der Waals surface area contributed by atoms with Crippen molar-refractivity contribution in [1.82, 2.24) is 5.32 Å². The monoisotopic (exact) mass is 341 g/mol. The van der Waals surface area contributed by atoms with Gasteiger partial charge < -0.3 is 15.4 Å². The Kier molecular flexibility index (Phi) is 7.33. The molecule has 8 nitrogen and oxygen atoms in total. The molecule has 1 aromatic rings. The number of rotatable bonds is 8. The molecule has 1 aromatic carbocycles. The highest BCUT2D eigenvalue weighted by Crippen LogP contribution is 2.25. The van der Waals surface area contributed by atoms with Crippen LogP contribution in [0.25, 0.3) is 0 Å². The molecule has 0 heterocycles. The molecule has 126 valence electrons. The van der Waals surface area contributed by atoms with Gasteiger partial charge in [0.05, 0.1) is 12.0 Å². The second-order valence-electron chi connectivity index (χ2n) is 4.57. The normalized spacial score (nSPS) is 11.4. The average Bonchev–Trinajstić information content (AvgIpc) is 2.56. The van der Waals surface area contributed by atoms with Crippen molar-refractivity contribution in [3.63, 3.8) is 0 Å². The molecule has 0 unspecified atom stereocenters. The number of nitro groups is 1. The van der Waals surface area contributed by atoms with Crippen LogP contribution in [0.3, 0.4) is 0 Å². The van der Waals surface area contributed by atoms with E-state index < -0.39 is 22.8 Å². The highest BCUT2D eigenvalue weighted by molar-refractivity contribution is 7.98. The standard InChI is InChI=1S/C14H19N3O5S/c1-15-10-5-4-9(8-12(10)17(20)21)13(18)16-11(6-7-23-3)14(19)22-2/h4-5,8,11,15H,6-7H2,1-3H3,(H,16,18)/t11-/m1/s1. The van der Waals surface area contributed by atoms with E-state index in [2.05, 4.69) is 15.4 Å². The van der Waals surface area contributed by atoms with Crippen LogP contribution in [0.1, 0.15) is 16.8 Å². The Labute approximate surface area is 138 Å². The van der Waals surface area contributed by atoms with Gasteiger partial charge in [-0.3, -0.25) is 14.9 Å². The summed E-state index contributed by atoms with van der Waals surface area (Å²) in [6, 6.07) is 3.28. The molecule has 0 aliphatic rings. The number of anilines is 1. The number of carbonyl (C=O) groups is 2. The first-order chi connectivity index (χ1) is 10.9. The molecule has 0 fully saturated rings. The van der Waals surface area contributed by atoms with Crippen molar-refractivity contribution in [3.8, 4) is 0 Å². The lowest BCUT2D eigenvalue weighted by Gasteiger charge is -2.16. The summed E-state index contributed by atoms with van der Waals surface area (Å²) in [6.45, 7) is 0. The Bertz CT molecular complexity index is 594. The van der Waals surface area contributed by atoms with Crippen molar-refractivity contribution < 1.29 is 19.2 Å². The molecular weight excluding hydrogens is 322 g/mol. The van der Waals surface area contributed by atoms with Crippen LogP contribution in [0, 0.1) is 10.1 Å². The molecule has 0 radical (unpaired) electrons. The van der Waals surface area contributed by atoms with E-state index in [0.29, 0.717) is 17.9 Å². The Hall–Kier alpha value is -2.29. The maximum absolute atomic E-state index is 12.2. The van der Waals surface area contributed by atoms with Crippen LogP contribution in [-0.2, 0) is 9.53 Å². The SMILES string of the molecule is CNc1ccc(C(=O)N[C@H](CCSC)C(=O)OC)cc1[N+](=O)[O-]. The first kappa shape index (κ1) is 18.8. The lowest BCUT2D eigenvalue weighted by Crippen LogP contribution is -2.41. The Morgan fingerprint density at radius 1 is 1.43 bits per heavy atom. The van der Waals surface area contributed by atoms with Gasteiger partial charge in [-0.2, -0.15) is 11.8 Å². The predicted octanol–water partition coefficient (Wildman–Crippen LogP) is 1.66. The van der Waals surface area contributed by atoms with Gasteiger partial charge in [0.2, 0.25) is 0 Å². The minimum Gasteiger partial charge on any atom is -0.467 e. The molecule has 0 aliphatic carbocycles. The van der Waals surface area contributed by atoms with E-state index in [-0.39, 0.29) is 11.3 Å². The van der Waals surface area contributed by atoms with Gasteiger partial charge in [-0.1, -0.05) is 0 Å². The maximum atomic E-state index is 12.2. The molecular formula is C14H19N3O5S. The first-order valence-corrected chi connectivity index (χ1v) is 8.17. The fraction of sp³-hybridized carbons (Fsp3) is 0.429. The molecule has 0 aliphatic heterocycles. The largest absolute Gasteiger partial charge is 0.467 e. The van der Waals surface area contributed by atoms with Crippen molar-refractivity contribution in [1.29, 1.82) is 0 Å². The molecule has 1 rings (SSSR count). The summed E-state index contributed by atoms with van der Waals surface area (Å²) in [6.07, 6.45) is 2.30. The summed E-state index contributed by atoms with van der Waals surface area (Å²) >= 11 is 1.54. The summed E-state index contributed by atoms with van der Waals surface area (Å²) in [5.74, 6) is -0.445. The van der Waals surface area contributed by atoms with Gasteiger partial charge in [-0.05, 0) is 30.6 Å². The van der Waals surface area contributed by atoms with Crippen molar-refractivity contribution in [2.75, 3.05) is 31.5 Å². The van der Waals surface area contributed by atoms with Gasteiger partial charge in [0, 0.05) is 18.7 Å². The summed E-state index contributed by atoms with van der Waals surface area (Å²) in [4.78, 5) is 34.4. The van der Waals surface area contributed by atoms with Gasteiger partial charge in [0.1, 0.15) is 11.7 Å². The highest BCUT2D eigenvalue weighted by atomic mass is 32.2. The van der Waals surface area contributed by atoms with E-state index in [9.17, 15) is 19.7 Å². The van der Waals surface area contributed by atoms with Crippen LogP contribution in [0.5, 0.6) is 0 Å². The fourth-order valence-electron chi connectivity index (χ4n) is 1.90. The number of amides is 1. The maximum Gasteiger partial charge on any atom is 0.328 e. The lowest BCUT2D eigenvalue weighted by atomic mass is 10.1. The summed E-state index contributed by atoms with van der Waals surface area (Å²) < 4.78 is 4.66. The Morgan fingerprint density at radius 3 is 2.65 bits per heavy atom. The van der Waals surface area contributed by atoms with E-state index >= 15 is 0 Å². The van der Waals surface area contributed by atoms with Crippen LogP contribution < -0.4 is 10.6 Å². The minimum atomic E-state index is -0.789. The zero-order valence-corrected chi connectivity index (χ0v) is 13.9. The molecule has 1 atom stereocenters. The molecule has 0 bridgehead atoms. The quantitative estimate of drug-likeness (QED) is 0.420. The number of thioether (sulfide) groups is 1. The number of nitrogens with zero attached hydrogens (tertiary/aromatic N) is 1. The number of hydrogen-bond acceptors (Lipinski definition) is 7. The van der Waals surface area contributed by atoms with Crippen LogP contribution in [-0.4, -0.2) is 49.0 Å². The van der Waals surface area contributed by atoms with Crippen LogP contribution >= 0.6 is 11.8 Å². The summed E-state index contributed by atoms with van der Waals surface area (Å²) in [7, 11) is 2.80. The molecule has 0 spiro atoms. The number of nitro benzene ring substituents is 1. The first-order valence-electron chi connectivity index (χ1n) is 6.78. The molecule has 23 heavy (non-hydrogen) atoms. The van der Waals surface area contributed by atoms with E-state index in [4.69, 9.17) is 0 Å². The van der Waals surface area contributed by atoms with Gasteiger partial charge in [-0.25, -0.2) is 4.79 Å². The van der Waals surface area contributed by atoms with Gasteiger partial charge in [0.25, 0.3) is 11.6 Å². The van der Waals surface area contributed by atoms with E-state index in [1.165, 1.54) is 37.1 Å². The van der Waals surface area contributed by atoms with Crippen LogP contribution in [0.4, 0.5) is 11.4 Å². The van der Waals surface area contributed by atoms with Crippen molar-refractivity contribution in [3.05, 3.63) is 33.9 Å². The summed E-state index contributed by atoms with van der Waals surface area (Å²) in [5.41, 5.74) is 0.200. The van der Waals surface area contributed by atoms with Crippen LogP contribution in [0.2, 0.25) is 0 Å². The van der Waals surface area contributed by atoms with Crippen molar-refractivity contribution >= 4 is 35.0 Å². The van der Waals surface area contributed by atoms with E-state index in [1.54, 1.807) is 7.05 Å². The number of ether oxygens (including phenoxy) is 1. The molecule has 0 saturated heterocycles. The fourth-order valence-corrected chi connectivity index (χ4v) is 2.38. The number of carbonyl (C=O) groups excluding carboxylic acids is 2. The average molecular weight is 341 g/mol. The number of nitrogens with one attached hydrogen (secondary N) is 2. The Morgan fingerprint density at radius 2 is 2.13 bits per heavy atom. The number of esters is 1. The second-order valence-corrected chi connectivity index (χ2v) is 5.56. The predicted molar refractivity (Wildman–Crippen MR) is 88.9 cm³/mol. The van der Waals surface area contributed by atoms with Gasteiger partial charge in [-0.15, -0.1) is 0 Å². The van der Waals surface area contributed by atoms with Crippen molar-refractivity contribution in [2.24, 2.45) is 0 Å². The number of hydrogen-bond donors (Lipinski definition) is 2. The highest BCUT2D eigenvalue weighted by Gasteiger charge is 2.23. The van der Waals surface area contributed by atoms with E-state index in [0.717, 1.165) is 0 Å². The van der Waals surface area contributed by atoms with Crippen LogP contribution in [0.15, 0.2) is 18.2 Å². The molecule has 2 N–H and O–H groups in total. The zero-order chi connectivity index (χ0) is 17.4. The molecule has 0 saturated carbocycles.